The minimum Gasteiger partial charge on any atom is -0.503 e. The average Bonchev–Trinajstić information content (AvgIpc) is 3.46. The Morgan fingerprint density at radius 2 is 1.53 bits per heavy atom. The van der Waals surface area contributed by atoms with Crippen molar-refractivity contribution in [3.8, 4) is 45.5 Å². The van der Waals surface area contributed by atoms with E-state index in [2.05, 4.69) is 67.1 Å². The van der Waals surface area contributed by atoms with Crippen LogP contribution in [0.3, 0.4) is 0 Å². The van der Waals surface area contributed by atoms with E-state index in [9.17, 15) is 0 Å². The van der Waals surface area contributed by atoms with Gasteiger partial charge in [-0.15, -0.1) is 42.0 Å². The second-order valence-electron chi connectivity index (χ2n) is 11.2. The zero-order valence-electron chi connectivity index (χ0n) is 23.9. The Labute approximate surface area is 266 Å². The van der Waals surface area contributed by atoms with Crippen LogP contribution in [0.5, 0.6) is 11.5 Å². The van der Waals surface area contributed by atoms with Crippen LogP contribution in [0.1, 0.15) is 26.3 Å². The van der Waals surface area contributed by atoms with E-state index in [-0.39, 0.29) is 26.5 Å². The fourth-order valence-corrected chi connectivity index (χ4v) is 4.99. The molecule has 0 saturated heterocycles. The van der Waals surface area contributed by atoms with Crippen LogP contribution in [0.15, 0.2) is 109 Å². The van der Waals surface area contributed by atoms with Gasteiger partial charge in [-0.1, -0.05) is 93.8 Å². The summed E-state index contributed by atoms with van der Waals surface area (Å²) >= 11 is 0. The molecule has 0 bridgehead atoms. The Morgan fingerprint density at radius 1 is 0.791 bits per heavy atom. The summed E-state index contributed by atoms with van der Waals surface area (Å²) in [4.78, 5) is 11.5. The van der Waals surface area contributed by atoms with Crippen molar-refractivity contribution >= 4 is 11.4 Å². The zero-order valence-corrected chi connectivity index (χ0v) is 26.2. The molecule has 7 rings (SSSR count). The molecule has 3 heterocycles. The minimum absolute atomic E-state index is 0. The molecule has 0 aliphatic carbocycles. The summed E-state index contributed by atoms with van der Waals surface area (Å²) in [6.07, 6.45) is 1.85. The van der Waals surface area contributed by atoms with Gasteiger partial charge in [0.15, 0.2) is 5.82 Å². The van der Waals surface area contributed by atoms with Crippen molar-refractivity contribution in [1.82, 2.24) is 19.7 Å². The monoisotopic (exact) mass is 741 g/mol. The van der Waals surface area contributed by atoms with E-state index >= 15 is 0 Å². The number of anilines is 2. The van der Waals surface area contributed by atoms with Gasteiger partial charge in [-0.3, -0.25) is 0 Å². The number of para-hydroxylation sites is 1. The standard InChI is InChI=1S/C36H28N5O.Pt/c1-36(2,3)27-19-20-37-32(22-27)26-13-9-15-29(21-26)42-30-16-10-14-28(23-30)40-24-41-35(31-17-7-8-18-33(31)40)38-34(39-41)25-11-5-4-6-12-25;/h4-20,22,24H,1-3H3;/q-3;. The number of benzene rings is 4. The third-order valence-corrected chi connectivity index (χ3v) is 7.20. The van der Waals surface area contributed by atoms with Crippen LogP contribution in [0.25, 0.3) is 34.0 Å². The molecule has 216 valence electrons. The molecule has 0 atom stereocenters. The van der Waals surface area contributed by atoms with Crippen molar-refractivity contribution in [3.05, 3.63) is 134 Å². The van der Waals surface area contributed by atoms with E-state index in [1.54, 1.807) is 0 Å². The number of nitrogens with zero attached hydrogens (tertiary/aromatic N) is 5. The van der Waals surface area contributed by atoms with Gasteiger partial charge in [0.2, 0.25) is 0 Å². The molecule has 0 unspecified atom stereocenters. The van der Waals surface area contributed by atoms with Crippen LogP contribution < -0.4 is 9.64 Å². The van der Waals surface area contributed by atoms with E-state index in [0.717, 1.165) is 39.6 Å². The Balaban J connectivity index is 0.00000329. The molecule has 1 aliphatic heterocycles. The van der Waals surface area contributed by atoms with Gasteiger partial charge in [-0.25, -0.2) is 0 Å². The second-order valence-corrected chi connectivity index (χ2v) is 11.2. The molecular weight excluding hydrogens is 714 g/mol. The molecule has 6 nitrogen and oxygen atoms in total. The normalized spacial score (nSPS) is 12.0. The number of fused-ring (bicyclic) bond motifs is 3. The van der Waals surface area contributed by atoms with Crippen molar-refractivity contribution in [2.75, 3.05) is 4.90 Å². The van der Waals surface area contributed by atoms with Crippen LogP contribution in [-0.4, -0.2) is 19.7 Å². The van der Waals surface area contributed by atoms with Crippen molar-refractivity contribution < 1.29 is 25.8 Å². The number of rotatable bonds is 5. The molecule has 43 heavy (non-hydrogen) atoms. The van der Waals surface area contributed by atoms with Crippen molar-refractivity contribution in [1.29, 1.82) is 0 Å². The maximum Gasteiger partial charge on any atom is 0.160 e. The Morgan fingerprint density at radius 3 is 2.35 bits per heavy atom. The van der Waals surface area contributed by atoms with Crippen LogP contribution in [0.2, 0.25) is 0 Å². The first-order chi connectivity index (χ1) is 20.4. The molecule has 1 aliphatic rings. The third-order valence-electron chi connectivity index (χ3n) is 7.20. The summed E-state index contributed by atoms with van der Waals surface area (Å²) in [5.41, 5.74) is 6.75. The third kappa shape index (κ3) is 5.71. The number of hydrogen-bond donors (Lipinski definition) is 0. The predicted octanol–water partition coefficient (Wildman–Crippen LogP) is 8.48. The Kier molecular flexibility index (Phi) is 7.64. The number of aromatic nitrogens is 4. The first-order valence-electron chi connectivity index (χ1n) is 13.9. The van der Waals surface area contributed by atoms with E-state index in [1.165, 1.54) is 5.56 Å². The van der Waals surface area contributed by atoms with Gasteiger partial charge in [-0.2, -0.15) is 11.2 Å². The number of pyridine rings is 1. The van der Waals surface area contributed by atoms with Crippen LogP contribution >= 0.6 is 0 Å². The first kappa shape index (κ1) is 28.4. The molecule has 0 fully saturated rings. The van der Waals surface area contributed by atoms with Crippen molar-refractivity contribution in [2.24, 2.45) is 0 Å². The molecule has 0 saturated carbocycles. The molecule has 7 heteroatoms. The van der Waals surface area contributed by atoms with Crippen molar-refractivity contribution in [2.45, 2.75) is 26.2 Å². The quantitative estimate of drug-likeness (QED) is 0.166. The molecule has 0 radical (unpaired) electrons. The van der Waals surface area contributed by atoms with Crippen LogP contribution in [-0.2, 0) is 26.5 Å². The molecule has 6 aromatic rings. The molecule has 0 spiro atoms. The zero-order chi connectivity index (χ0) is 28.7. The SMILES string of the molecule is CC(C)(C)c1ccnc(-c2[c-]c(Oc3[c-]c(N4[CH-]n5nc(-c6ccccc6)nc5-c5ccccc54)ccc3)ccc2)c1.[Pt]. The van der Waals surface area contributed by atoms with Gasteiger partial charge in [0.1, 0.15) is 0 Å². The average molecular weight is 742 g/mol. The molecule has 2 aromatic heterocycles. The van der Waals surface area contributed by atoms with Gasteiger partial charge in [-0.05, 0) is 34.4 Å². The maximum absolute atomic E-state index is 6.27. The minimum atomic E-state index is 0. The molecule has 4 aromatic carbocycles. The van der Waals surface area contributed by atoms with Crippen LogP contribution in [0, 0.1) is 18.8 Å². The smallest absolute Gasteiger partial charge is 0.160 e. The summed E-state index contributed by atoms with van der Waals surface area (Å²) in [6.45, 7) is 8.53. The van der Waals surface area contributed by atoms with Gasteiger partial charge < -0.3 is 24.3 Å². The number of hydrogen-bond acceptors (Lipinski definition) is 5. The Bertz CT molecular complexity index is 1890. The van der Waals surface area contributed by atoms with E-state index < -0.39 is 0 Å². The molecule has 0 N–H and O–H groups in total. The number of ether oxygens (including phenoxy) is 1. The summed E-state index contributed by atoms with van der Waals surface area (Å²) in [6, 6.07) is 40.9. The maximum atomic E-state index is 6.27. The van der Waals surface area contributed by atoms with E-state index in [4.69, 9.17) is 14.8 Å². The van der Waals surface area contributed by atoms with Crippen molar-refractivity contribution in [3.63, 3.8) is 0 Å². The van der Waals surface area contributed by atoms with Crippen LogP contribution in [0.4, 0.5) is 11.4 Å². The first-order valence-corrected chi connectivity index (χ1v) is 13.9. The summed E-state index contributed by atoms with van der Waals surface area (Å²) in [5, 5.41) is 4.80. The van der Waals surface area contributed by atoms with Gasteiger partial charge in [0.05, 0.1) is 0 Å². The second kappa shape index (κ2) is 11.5. The largest absolute Gasteiger partial charge is 0.503 e. The van der Waals surface area contributed by atoms with Gasteiger partial charge in [0.25, 0.3) is 0 Å². The van der Waals surface area contributed by atoms with E-state index in [1.807, 2.05) is 96.4 Å². The fraction of sp³-hybridized carbons (Fsp3) is 0.111. The summed E-state index contributed by atoms with van der Waals surface area (Å²) in [7, 11) is 0. The van der Waals surface area contributed by atoms with E-state index in [0.29, 0.717) is 17.3 Å². The summed E-state index contributed by atoms with van der Waals surface area (Å²) < 4.78 is 8.10. The predicted molar refractivity (Wildman–Crippen MR) is 165 cm³/mol. The van der Waals surface area contributed by atoms with Gasteiger partial charge >= 0.3 is 0 Å². The fourth-order valence-electron chi connectivity index (χ4n) is 4.99. The Hall–Kier alpha value is -4.67. The topological polar surface area (TPSA) is 56.1 Å². The molecular formula is C36H28N5OPt-3. The van der Waals surface area contributed by atoms with Gasteiger partial charge in [0, 0.05) is 55.8 Å². The summed E-state index contributed by atoms with van der Waals surface area (Å²) in [5.74, 6) is 2.65. The molecule has 0 amide bonds.